The lowest BCUT2D eigenvalue weighted by Crippen LogP contribution is -2.45. The van der Waals surface area contributed by atoms with Crippen molar-refractivity contribution in [2.24, 2.45) is 0 Å². The number of likely N-dealkylation sites (N-methyl/N-ethyl adjacent to an activating group) is 1. The van der Waals surface area contributed by atoms with Crippen LogP contribution in [0, 0.1) is 0 Å². The van der Waals surface area contributed by atoms with Gasteiger partial charge in [0.05, 0.1) is 5.56 Å². The van der Waals surface area contributed by atoms with Crippen LogP contribution in [0.15, 0.2) is 42.5 Å². The predicted molar refractivity (Wildman–Crippen MR) is 143 cm³/mol. The van der Waals surface area contributed by atoms with E-state index in [9.17, 15) is 18.0 Å². The van der Waals surface area contributed by atoms with E-state index in [0.717, 1.165) is 55.9 Å². The first-order valence-corrected chi connectivity index (χ1v) is 12.9. The van der Waals surface area contributed by atoms with Gasteiger partial charge in [0.15, 0.2) is 0 Å². The van der Waals surface area contributed by atoms with Crippen molar-refractivity contribution in [3.8, 4) is 0 Å². The van der Waals surface area contributed by atoms with Crippen molar-refractivity contribution in [1.29, 1.82) is 0 Å². The molecule has 0 bridgehead atoms. The SMILES string of the molecule is CNc1nc(N2CCN(C)CC2)nc(N2CCc3cc(C(=O)NCc4ccc(C(F)(F)F)cc4)ccc3C2)n1. The van der Waals surface area contributed by atoms with Crippen LogP contribution in [0.25, 0.3) is 0 Å². The van der Waals surface area contributed by atoms with Crippen LogP contribution in [0.1, 0.15) is 32.6 Å². The number of alkyl halides is 3. The number of nitrogens with zero attached hydrogens (tertiary/aromatic N) is 6. The number of hydrogen-bond donors (Lipinski definition) is 2. The lowest BCUT2D eigenvalue weighted by Gasteiger charge is -2.33. The van der Waals surface area contributed by atoms with Crippen LogP contribution in [-0.4, -0.2) is 72.6 Å². The molecule has 1 amide bonds. The zero-order valence-electron chi connectivity index (χ0n) is 21.9. The van der Waals surface area contributed by atoms with Gasteiger partial charge in [-0.1, -0.05) is 18.2 Å². The number of nitrogens with one attached hydrogen (secondary N) is 2. The quantitative estimate of drug-likeness (QED) is 0.493. The molecule has 2 N–H and O–H groups in total. The molecule has 9 nitrogen and oxygen atoms in total. The molecule has 0 spiro atoms. The van der Waals surface area contributed by atoms with Crippen LogP contribution in [0.2, 0.25) is 0 Å². The normalized spacial score (nSPS) is 16.1. The minimum absolute atomic E-state index is 0.144. The van der Waals surface area contributed by atoms with E-state index >= 15 is 0 Å². The highest BCUT2D eigenvalue weighted by molar-refractivity contribution is 5.94. The van der Waals surface area contributed by atoms with Crippen LogP contribution < -0.4 is 20.4 Å². The summed E-state index contributed by atoms with van der Waals surface area (Å²) in [6, 6.07) is 10.4. The van der Waals surface area contributed by atoms with Crippen molar-refractivity contribution in [3.63, 3.8) is 0 Å². The predicted octanol–water partition coefficient (Wildman–Crippen LogP) is 3.18. The first-order chi connectivity index (χ1) is 18.7. The molecular formula is C27H31F3N8O. The van der Waals surface area contributed by atoms with Crippen molar-refractivity contribution in [2.75, 3.05) is 61.9 Å². The summed E-state index contributed by atoms with van der Waals surface area (Å²) in [6.45, 7) is 5.06. The first kappa shape index (κ1) is 26.7. The minimum atomic E-state index is -4.38. The maximum atomic E-state index is 12.8. The molecule has 5 rings (SSSR count). The molecule has 39 heavy (non-hydrogen) atoms. The largest absolute Gasteiger partial charge is 0.416 e. The maximum absolute atomic E-state index is 12.8. The first-order valence-electron chi connectivity index (χ1n) is 12.9. The van der Waals surface area contributed by atoms with Crippen LogP contribution in [0.5, 0.6) is 0 Å². The Bertz CT molecular complexity index is 1320. The zero-order chi connectivity index (χ0) is 27.6. The van der Waals surface area contributed by atoms with E-state index in [-0.39, 0.29) is 12.5 Å². The molecule has 0 atom stereocenters. The van der Waals surface area contributed by atoms with Gasteiger partial charge in [0, 0.05) is 58.4 Å². The number of hydrogen-bond acceptors (Lipinski definition) is 8. The van der Waals surface area contributed by atoms with Gasteiger partial charge in [-0.2, -0.15) is 28.1 Å². The van der Waals surface area contributed by atoms with E-state index < -0.39 is 11.7 Å². The van der Waals surface area contributed by atoms with Gasteiger partial charge in [0.1, 0.15) is 0 Å². The average Bonchev–Trinajstić information content (AvgIpc) is 2.95. The molecule has 0 saturated carbocycles. The van der Waals surface area contributed by atoms with Gasteiger partial charge in [-0.25, -0.2) is 0 Å². The molecule has 2 aromatic carbocycles. The molecule has 12 heteroatoms. The van der Waals surface area contributed by atoms with E-state index in [4.69, 9.17) is 4.98 Å². The number of carbonyl (C=O) groups excluding carboxylic acids is 1. The number of halogens is 3. The second-order valence-corrected chi connectivity index (χ2v) is 9.83. The molecule has 2 aliphatic heterocycles. The van der Waals surface area contributed by atoms with E-state index in [1.165, 1.54) is 12.1 Å². The van der Waals surface area contributed by atoms with Crippen molar-refractivity contribution in [3.05, 3.63) is 70.3 Å². The molecule has 3 heterocycles. The van der Waals surface area contributed by atoms with E-state index in [1.54, 1.807) is 13.1 Å². The second-order valence-electron chi connectivity index (χ2n) is 9.83. The average molecular weight is 541 g/mol. The van der Waals surface area contributed by atoms with E-state index in [2.05, 4.69) is 42.3 Å². The molecule has 0 radical (unpaired) electrons. The Hall–Kier alpha value is -3.93. The van der Waals surface area contributed by atoms with Gasteiger partial charge in [-0.05, 0) is 54.4 Å². The minimum Gasteiger partial charge on any atom is -0.357 e. The lowest BCUT2D eigenvalue weighted by molar-refractivity contribution is -0.137. The molecule has 0 aliphatic carbocycles. The van der Waals surface area contributed by atoms with Gasteiger partial charge in [-0.3, -0.25) is 4.79 Å². The Morgan fingerprint density at radius 2 is 1.59 bits per heavy atom. The van der Waals surface area contributed by atoms with Crippen molar-refractivity contribution in [2.45, 2.75) is 25.7 Å². The summed E-state index contributed by atoms with van der Waals surface area (Å²) in [5, 5.41) is 5.84. The fourth-order valence-corrected chi connectivity index (χ4v) is 4.72. The summed E-state index contributed by atoms with van der Waals surface area (Å²) in [5.74, 6) is 1.54. The van der Waals surface area contributed by atoms with Crippen LogP contribution in [0.4, 0.5) is 31.0 Å². The highest BCUT2D eigenvalue weighted by Crippen LogP contribution is 2.29. The number of piperazine rings is 1. The van der Waals surface area contributed by atoms with Crippen molar-refractivity contribution in [1.82, 2.24) is 25.2 Å². The molecule has 1 saturated heterocycles. The zero-order valence-corrected chi connectivity index (χ0v) is 21.9. The van der Waals surface area contributed by atoms with Gasteiger partial charge in [0.2, 0.25) is 17.8 Å². The summed E-state index contributed by atoms with van der Waals surface area (Å²) in [7, 11) is 3.90. The number of fused-ring (bicyclic) bond motifs is 1. The van der Waals surface area contributed by atoms with Crippen LogP contribution >= 0.6 is 0 Å². The Kier molecular flexibility index (Phi) is 7.56. The van der Waals surface area contributed by atoms with Crippen LogP contribution in [0.3, 0.4) is 0 Å². The van der Waals surface area contributed by atoms with Gasteiger partial charge in [-0.15, -0.1) is 0 Å². The van der Waals surface area contributed by atoms with Gasteiger partial charge < -0.3 is 25.3 Å². The summed E-state index contributed by atoms with van der Waals surface area (Å²) < 4.78 is 38.3. The molecule has 1 aromatic heterocycles. The van der Waals surface area contributed by atoms with Gasteiger partial charge in [0.25, 0.3) is 5.91 Å². The molecule has 2 aliphatic rings. The summed E-state index contributed by atoms with van der Waals surface area (Å²) in [5.41, 5.74) is 2.57. The van der Waals surface area contributed by atoms with Crippen molar-refractivity contribution < 1.29 is 18.0 Å². The van der Waals surface area contributed by atoms with E-state index in [0.29, 0.717) is 42.1 Å². The molecule has 1 fully saturated rings. The summed E-state index contributed by atoms with van der Waals surface area (Å²) >= 11 is 0. The number of carbonyl (C=O) groups is 1. The highest BCUT2D eigenvalue weighted by Gasteiger charge is 2.30. The third-order valence-corrected chi connectivity index (χ3v) is 7.12. The number of anilines is 3. The molecule has 0 unspecified atom stereocenters. The topological polar surface area (TPSA) is 89.5 Å². The Morgan fingerprint density at radius 1 is 0.897 bits per heavy atom. The molecule has 3 aromatic rings. The van der Waals surface area contributed by atoms with Crippen molar-refractivity contribution >= 4 is 23.8 Å². The third kappa shape index (κ3) is 6.22. The number of rotatable bonds is 6. The monoisotopic (exact) mass is 540 g/mol. The Morgan fingerprint density at radius 3 is 2.26 bits per heavy atom. The fourth-order valence-electron chi connectivity index (χ4n) is 4.72. The summed E-state index contributed by atoms with van der Waals surface area (Å²) in [6.07, 6.45) is -3.66. The Labute approximate surface area is 225 Å². The summed E-state index contributed by atoms with van der Waals surface area (Å²) in [4.78, 5) is 33.3. The molecular weight excluding hydrogens is 509 g/mol. The lowest BCUT2D eigenvalue weighted by atomic mass is 9.97. The second kappa shape index (κ2) is 11.0. The maximum Gasteiger partial charge on any atom is 0.416 e. The van der Waals surface area contributed by atoms with E-state index in [1.807, 2.05) is 12.1 Å². The number of benzene rings is 2. The number of amides is 1. The van der Waals surface area contributed by atoms with Gasteiger partial charge >= 0.3 is 6.18 Å². The molecule has 206 valence electrons. The van der Waals surface area contributed by atoms with Crippen LogP contribution in [-0.2, 0) is 25.7 Å². The Balaban J connectivity index is 1.24. The smallest absolute Gasteiger partial charge is 0.357 e. The standard InChI is InChI=1S/C27H31F3N8O/c1-31-24-33-25(37-13-11-36(2)12-14-37)35-26(34-24)38-10-9-19-15-20(5-6-21(19)17-38)23(39)32-16-18-3-7-22(8-4-18)27(28,29)30/h3-8,15H,9-14,16-17H2,1-2H3,(H,32,39)(H,31,33,34,35). The highest BCUT2D eigenvalue weighted by atomic mass is 19.4. The fraction of sp³-hybridized carbons (Fsp3) is 0.407. The third-order valence-electron chi connectivity index (χ3n) is 7.12. The number of aromatic nitrogens is 3.